The van der Waals surface area contributed by atoms with Gasteiger partial charge in [0.05, 0.1) is 11.4 Å². The Labute approximate surface area is 119 Å². The van der Waals surface area contributed by atoms with Crippen LogP contribution in [-0.4, -0.2) is 13.5 Å². The molecule has 0 unspecified atom stereocenters. The van der Waals surface area contributed by atoms with E-state index in [1.165, 1.54) is 24.3 Å². The highest BCUT2D eigenvalue weighted by Crippen LogP contribution is 2.28. The number of hydrogen-bond donors (Lipinski definition) is 3. The molecule has 0 aliphatic heterocycles. The van der Waals surface area contributed by atoms with Gasteiger partial charge in [-0.3, -0.25) is 4.72 Å². The maximum Gasteiger partial charge on any atom is 0.263 e. The van der Waals surface area contributed by atoms with E-state index in [1.807, 2.05) is 0 Å². The summed E-state index contributed by atoms with van der Waals surface area (Å²) in [5.41, 5.74) is 6.01. The quantitative estimate of drug-likeness (QED) is 0.590. The largest absolute Gasteiger partial charge is 0.508 e. The SMILES string of the molecule is Nc1cc(O)ccc1NS(=O)(=O)c1ccccc1Br. The number of rotatable bonds is 3. The van der Waals surface area contributed by atoms with Crippen LogP contribution < -0.4 is 10.5 Å². The fourth-order valence-electron chi connectivity index (χ4n) is 1.51. The van der Waals surface area contributed by atoms with Crippen molar-refractivity contribution in [3.05, 3.63) is 46.9 Å². The Balaban J connectivity index is 2.40. The minimum Gasteiger partial charge on any atom is -0.508 e. The topological polar surface area (TPSA) is 92.4 Å². The molecule has 2 aromatic rings. The van der Waals surface area contributed by atoms with Gasteiger partial charge >= 0.3 is 0 Å². The molecule has 2 aromatic carbocycles. The van der Waals surface area contributed by atoms with Crippen molar-refractivity contribution in [3.8, 4) is 5.75 Å². The molecule has 0 atom stereocenters. The average Bonchev–Trinajstić information content (AvgIpc) is 2.33. The normalized spacial score (nSPS) is 11.2. The summed E-state index contributed by atoms with van der Waals surface area (Å²) in [6.45, 7) is 0. The van der Waals surface area contributed by atoms with Crippen molar-refractivity contribution in [2.75, 3.05) is 10.5 Å². The molecule has 100 valence electrons. The monoisotopic (exact) mass is 342 g/mol. The number of benzene rings is 2. The Morgan fingerprint density at radius 2 is 1.84 bits per heavy atom. The van der Waals surface area contributed by atoms with Crippen LogP contribution in [0.3, 0.4) is 0 Å². The van der Waals surface area contributed by atoms with Crippen LogP contribution in [0, 0.1) is 0 Å². The molecule has 19 heavy (non-hydrogen) atoms. The molecule has 0 saturated carbocycles. The molecule has 0 aromatic heterocycles. The number of anilines is 2. The third-order valence-electron chi connectivity index (χ3n) is 2.41. The molecule has 0 bridgehead atoms. The van der Waals surface area contributed by atoms with Crippen molar-refractivity contribution in [2.45, 2.75) is 4.90 Å². The van der Waals surface area contributed by atoms with E-state index in [4.69, 9.17) is 5.73 Å². The maximum absolute atomic E-state index is 12.2. The fraction of sp³-hybridized carbons (Fsp3) is 0. The Bertz CT molecular complexity index is 717. The molecule has 5 nitrogen and oxygen atoms in total. The first kappa shape index (κ1) is 13.7. The maximum atomic E-state index is 12.2. The van der Waals surface area contributed by atoms with Gasteiger partial charge in [-0.1, -0.05) is 12.1 Å². The van der Waals surface area contributed by atoms with E-state index in [0.29, 0.717) is 4.47 Å². The van der Waals surface area contributed by atoms with E-state index in [9.17, 15) is 13.5 Å². The lowest BCUT2D eigenvalue weighted by molar-refractivity contribution is 0.475. The van der Waals surface area contributed by atoms with Crippen LogP contribution in [0.15, 0.2) is 51.8 Å². The number of hydrogen-bond acceptors (Lipinski definition) is 4. The molecule has 7 heteroatoms. The van der Waals surface area contributed by atoms with Gasteiger partial charge in [0.2, 0.25) is 0 Å². The van der Waals surface area contributed by atoms with Crippen LogP contribution >= 0.6 is 15.9 Å². The molecular weight excluding hydrogens is 332 g/mol. The molecule has 0 saturated heterocycles. The smallest absolute Gasteiger partial charge is 0.263 e. The van der Waals surface area contributed by atoms with Crippen molar-refractivity contribution in [1.29, 1.82) is 0 Å². The first-order chi connectivity index (χ1) is 8.90. The van der Waals surface area contributed by atoms with Crippen LogP contribution in [0.25, 0.3) is 0 Å². The number of phenolic OH excluding ortho intramolecular Hbond substituents is 1. The second kappa shape index (κ2) is 5.10. The van der Waals surface area contributed by atoms with Gasteiger partial charge in [0, 0.05) is 10.5 Å². The Morgan fingerprint density at radius 1 is 1.16 bits per heavy atom. The summed E-state index contributed by atoms with van der Waals surface area (Å²) in [5.74, 6) is -0.0265. The first-order valence-corrected chi connectivity index (χ1v) is 7.53. The third kappa shape index (κ3) is 2.99. The number of nitrogens with one attached hydrogen (secondary N) is 1. The van der Waals surface area contributed by atoms with E-state index >= 15 is 0 Å². The van der Waals surface area contributed by atoms with Crippen LogP contribution in [0.2, 0.25) is 0 Å². The Hall–Kier alpha value is -1.73. The molecule has 0 aliphatic carbocycles. The molecule has 0 amide bonds. The van der Waals surface area contributed by atoms with E-state index in [0.717, 1.165) is 0 Å². The lowest BCUT2D eigenvalue weighted by atomic mass is 10.2. The van der Waals surface area contributed by atoms with Gasteiger partial charge in [-0.2, -0.15) is 0 Å². The third-order valence-corrected chi connectivity index (χ3v) is 4.78. The van der Waals surface area contributed by atoms with Crippen molar-refractivity contribution in [3.63, 3.8) is 0 Å². The predicted molar refractivity (Wildman–Crippen MR) is 77.5 cm³/mol. The summed E-state index contributed by atoms with van der Waals surface area (Å²) in [7, 11) is -3.74. The molecule has 0 radical (unpaired) electrons. The second-order valence-corrected chi connectivity index (χ2v) is 6.31. The Kier molecular flexibility index (Phi) is 3.68. The molecule has 0 fully saturated rings. The van der Waals surface area contributed by atoms with Crippen LogP contribution in [0.1, 0.15) is 0 Å². The second-order valence-electron chi connectivity index (χ2n) is 3.81. The fourth-order valence-corrected chi connectivity index (χ4v) is 3.60. The highest BCUT2D eigenvalue weighted by Gasteiger charge is 2.18. The summed E-state index contributed by atoms with van der Waals surface area (Å²) in [6.07, 6.45) is 0. The van der Waals surface area contributed by atoms with Crippen molar-refractivity contribution < 1.29 is 13.5 Å². The summed E-state index contributed by atoms with van der Waals surface area (Å²) in [5, 5.41) is 9.23. The van der Waals surface area contributed by atoms with Crippen LogP contribution in [-0.2, 0) is 10.0 Å². The van der Waals surface area contributed by atoms with Crippen molar-refractivity contribution in [1.82, 2.24) is 0 Å². The summed E-state index contributed by atoms with van der Waals surface area (Å²) < 4.78 is 27.2. The van der Waals surface area contributed by atoms with Gasteiger partial charge in [-0.05, 0) is 40.2 Å². The lowest BCUT2D eigenvalue weighted by Gasteiger charge is -2.11. The number of nitrogen functional groups attached to an aromatic ring is 1. The molecular formula is C12H11BrN2O3S. The van der Waals surface area contributed by atoms with Gasteiger partial charge < -0.3 is 10.8 Å². The molecule has 0 aliphatic rings. The van der Waals surface area contributed by atoms with E-state index in [2.05, 4.69) is 20.7 Å². The van der Waals surface area contributed by atoms with E-state index < -0.39 is 10.0 Å². The van der Waals surface area contributed by atoms with Gasteiger partial charge in [0.25, 0.3) is 10.0 Å². The number of halogens is 1. The molecule has 4 N–H and O–H groups in total. The number of sulfonamides is 1. The van der Waals surface area contributed by atoms with Gasteiger partial charge in [0.1, 0.15) is 10.6 Å². The standard InChI is InChI=1S/C12H11BrN2O3S/c13-9-3-1-2-4-12(9)19(17,18)15-11-6-5-8(16)7-10(11)14/h1-7,15-16H,14H2. The summed E-state index contributed by atoms with van der Waals surface area (Å²) in [6, 6.07) is 10.5. The number of nitrogens with two attached hydrogens (primary N) is 1. The van der Waals surface area contributed by atoms with Gasteiger partial charge in [-0.25, -0.2) is 8.42 Å². The highest BCUT2D eigenvalue weighted by atomic mass is 79.9. The average molecular weight is 343 g/mol. The van der Waals surface area contributed by atoms with Crippen LogP contribution in [0.4, 0.5) is 11.4 Å². The summed E-state index contributed by atoms with van der Waals surface area (Å²) in [4.78, 5) is 0.113. The minimum absolute atomic E-state index is 0.0265. The van der Waals surface area contributed by atoms with Gasteiger partial charge in [0.15, 0.2) is 0 Å². The van der Waals surface area contributed by atoms with Gasteiger partial charge in [-0.15, -0.1) is 0 Å². The summed E-state index contributed by atoms with van der Waals surface area (Å²) >= 11 is 3.19. The Morgan fingerprint density at radius 3 is 2.47 bits per heavy atom. The minimum atomic E-state index is -3.74. The lowest BCUT2D eigenvalue weighted by Crippen LogP contribution is -2.14. The molecule has 0 spiro atoms. The number of phenols is 1. The van der Waals surface area contributed by atoms with E-state index in [-0.39, 0.29) is 22.0 Å². The van der Waals surface area contributed by atoms with E-state index in [1.54, 1.807) is 18.2 Å². The molecule has 2 rings (SSSR count). The highest BCUT2D eigenvalue weighted by molar-refractivity contribution is 9.10. The zero-order chi connectivity index (χ0) is 14.0. The van der Waals surface area contributed by atoms with Crippen molar-refractivity contribution >= 4 is 37.3 Å². The predicted octanol–water partition coefficient (Wildman–Crippen LogP) is 2.54. The van der Waals surface area contributed by atoms with Crippen molar-refractivity contribution in [2.24, 2.45) is 0 Å². The molecule has 0 heterocycles. The zero-order valence-electron chi connectivity index (χ0n) is 9.67. The first-order valence-electron chi connectivity index (χ1n) is 5.26. The zero-order valence-corrected chi connectivity index (χ0v) is 12.1. The number of aromatic hydroxyl groups is 1. The van der Waals surface area contributed by atoms with Crippen LogP contribution in [0.5, 0.6) is 5.75 Å².